The summed E-state index contributed by atoms with van der Waals surface area (Å²) in [5.74, 6) is 0.305. The predicted molar refractivity (Wildman–Crippen MR) is 70.8 cm³/mol. The van der Waals surface area contributed by atoms with Crippen molar-refractivity contribution >= 4 is 22.4 Å². The zero-order valence-corrected chi connectivity index (χ0v) is 11.6. The summed E-state index contributed by atoms with van der Waals surface area (Å²) in [6.07, 6.45) is 3.65. The first kappa shape index (κ1) is 13.4. The van der Waals surface area contributed by atoms with E-state index in [2.05, 4.69) is 29.4 Å². The van der Waals surface area contributed by atoms with Gasteiger partial charge in [0.25, 0.3) is 5.91 Å². The molecule has 5 nitrogen and oxygen atoms in total. The summed E-state index contributed by atoms with van der Waals surface area (Å²) in [6.45, 7) is 4.96. The highest BCUT2D eigenvalue weighted by molar-refractivity contribution is 7.15. The fourth-order valence-corrected chi connectivity index (χ4v) is 2.84. The van der Waals surface area contributed by atoms with Crippen LogP contribution in [0.1, 0.15) is 50.5 Å². The minimum absolute atomic E-state index is 0.0988. The number of hydrogen-bond donors (Lipinski definition) is 1. The number of carbonyl (C=O) groups excluding carboxylic acids is 1. The monoisotopic (exact) mass is 269 g/mol. The van der Waals surface area contributed by atoms with Crippen LogP contribution in [0.2, 0.25) is 0 Å². The molecule has 1 saturated heterocycles. The van der Waals surface area contributed by atoms with Gasteiger partial charge in [-0.05, 0) is 19.3 Å². The third kappa shape index (κ3) is 3.26. The van der Waals surface area contributed by atoms with Gasteiger partial charge in [-0.25, -0.2) is 0 Å². The van der Waals surface area contributed by atoms with Crippen molar-refractivity contribution in [3.05, 3.63) is 5.01 Å². The Kier molecular flexibility index (Phi) is 4.66. The molecule has 1 aromatic rings. The topological polar surface area (TPSA) is 64.1 Å². The van der Waals surface area contributed by atoms with Gasteiger partial charge in [0.15, 0.2) is 0 Å². The number of anilines is 1. The average Bonchev–Trinajstić information content (AvgIpc) is 2.99. The van der Waals surface area contributed by atoms with Crippen LogP contribution in [0.4, 0.5) is 5.13 Å². The molecule has 0 aromatic carbocycles. The summed E-state index contributed by atoms with van der Waals surface area (Å²) in [7, 11) is 0. The van der Waals surface area contributed by atoms with Crippen molar-refractivity contribution in [2.45, 2.75) is 51.6 Å². The molecule has 0 aliphatic carbocycles. The number of nitrogens with one attached hydrogen (secondary N) is 1. The molecular weight excluding hydrogens is 250 g/mol. The third-order valence-corrected chi connectivity index (χ3v) is 4.11. The summed E-state index contributed by atoms with van der Waals surface area (Å²) in [6, 6.07) is 0. The van der Waals surface area contributed by atoms with Gasteiger partial charge in [-0.1, -0.05) is 31.6 Å². The lowest BCUT2D eigenvalue weighted by Gasteiger charge is -2.07. The van der Waals surface area contributed by atoms with E-state index >= 15 is 0 Å². The Balaban J connectivity index is 1.91. The zero-order chi connectivity index (χ0) is 13.0. The normalized spacial score (nSPS) is 20.9. The first-order chi connectivity index (χ1) is 8.70. The van der Waals surface area contributed by atoms with Crippen LogP contribution >= 0.6 is 11.3 Å². The SMILES string of the molecule is CCC[C@H](C)c1nnc(NC(=O)[C@@H]2CCCO2)s1. The second-order valence-corrected chi connectivity index (χ2v) is 5.64. The van der Waals surface area contributed by atoms with Gasteiger partial charge in [-0.2, -0.15) is 0 Å². The van der Waals surface area contributed by atoms with Gasteiger partial charge in [-0.15, -0.1) is 10.2 Å². The molecule has 2 atom stereocenters. The zero-order valence-electron chi connectivity index (χ0n) is 10.8. The van der Waals surface area contributed by atoms with Crippen molar-refractivity contribution in [1.29, 1.82) is 0 Å². The van der Waals surface area contributed by atoms with Crippen molar-refractivity contribution in [3.8, 4) is 0 Å². The molecule has 0 bridgehead atoms. The minimum atomic E-state index is -0.314. The molecule has 1 aliphatic rings. The molecule has 1 aromatic heterocycles. The lowest BCUT2D eigenvalue weighted by molar-refractivity contribution is -0.124. The Morgan fingerprint density at radius 3 is 3.11 bits per heavy atom. The largest absolute Gasteiger partial charge is 0.368 e. The lowest BCUT2D eigenvalue weighted by Crippen LogP contribution is -2.26. The van der Waals surface area contributed by atoms with Gasteiger partial charge >= 0.3 is 0 Å². The van der Waals surface area contributed by atoms with E-state index in [-0.39, 0.29) is 12.0 Å². The third-order valence-electron chi connectivity index (χ3n) is 3.04. The van der Waals surface area contributed by atoms with Gasteiger partial charge < -0.3 is 4.74 Å². The molecule has 0 radical (unpaired) electrons. The van der Waals surface area contributed by atoms with Crippen LogP contribution in [-0.4, -0.2) is 28.8 Å². The maximum Gasteiger partial charge on any atom is 0.255 e. The summed E-state index contributed by atoms with van der Waals surface area (Å²) in [4.78, 5) is 11.8. The fourth-order valence-electron chi connectivity index (χ4n) is 2.01. The van der Waals surface area contributed by atoms with E-state index in [4.69, 9.17) is 4.74 Å². The Labute approximate surface area is 111 Å². The van der Waals surface area contributed by atoms with E-state index in [1.165, 1.54) is 11.3 Å². The van der Waals surface area contributed by atoms with Gasteiger partial charge in [0, 0.05) is 12.5 Å². The maximum absolute atomic E-state index is 11.8. The minimum Gasteiger partial charge on any atom is -0.368 e. The van der Waals surface area contributed by atoms with Crippen molar-refractivity contribution in [2.75, 3.05) is 11.9 Å². The Bertz CT molecular complexity index is 402. The molecule has 18 heavy (non-hydrogen) atoms. The Morgan fingerprint density at radius 2 is 2.44 bits per heavy atom. The molecule has 2 heterocycles. The van der Waals surface area contributed by atoms with Crippen molar-refractivity contribution in [1.82, 2.24) is 10.2 Å². The van der Waals surface area contributed by atoms with Gasteiger partial charge in [0.05, 0.1) is 0 Å². The van der Waals surface area contributed by atoms with Crippen molar-refractivity contribution in [3.63, 3.8) is 0 Å². The van der Waals surface area contributed by atoms with Crippen molar-refractivity contribution < 1.29 is 9.53 Å². The first-order valence-corrected chi connectivity index (χ1v) is 7.28. The number of nitrogens with zero attached hydrogens (tertiary/aromatic N) is 2. The average molecular weight is 269 g/mol. The van der Waals surface area contributed by atoms with E-state index in [9.17, 15) is 4.79 Å². The maximum atomic E-state index is 11.8. The van der Waals surface area contributed by atoms with Crippen LogP contribution in [0.25, 0.3) is 0 Å². The van der Waals surface area contributed by atoms with Gasteiger partial charge in [0.2, 0.25) is 5.13 Å². The Morgan fingerprint density at radius 1 is 1.61 bits per heavy atom. The molecule has 0 unspecified atom stereocenters. The Hall–Kier alpha value is -1.01. The molecule has 1 aliphatic heterocycles. The highest BCUT2D eigenvalue weighted by atomic mass is 32.1. The fraction of sp³-hybridized carbons (Fsp3) is 0.750. The number of amides is 1. The van der Waals surface area contributed by atoms with E-state index in [1.807, 2.05) is 0 Å². The molecule has 1 fully saturated rings. The standard InChI is InChI=1S/C12H19N3O2S/c1-3-5-8(2)11-14-15-12(18-11)13-10(16)9-6-4-7-17-9/h8-9H,3-7H2,1-2H3,(H,13,15,16)/t8-,9-/m0/s1. The summed E-state index contributed by atoms with van der Waals surface area (Å²) >= 11 is 1.46. The van der Waals surface area contributed by atoms with Crippen LogP contribution in [-0.2, 0) is 9.53 Å². The van der Waals surface area contributed by atoms with Crippen LogP contribution in [0.15, 0.2) is 0 Å². The van der Waals surface area contributed by atoms with E-state index in [1.54, 1.807) is 0 Å². The van der Waals surface area contributed by atoms with Crippen LogP contribution < -0.4 is 5.32 Å². The lowest BCUT2D eigenvalue weighted by atomic mass is 10.1. The van der Waals surface area contributed by atoms with Gasteiger partial charge in [0.1, 0.15) is 11.1 Å². The van der Waals surface area contributed by atoms with E-state index < -0.39 is 0 Å². The summed E-state index contributed by atoms with van der Waals surface area (Å²) in [5, 5.41) is 12.5. The number of aromatic nitrogens is 2. The van der Waals surface area contributed by atoms with Crippen molar-refractivity contribution in [2.24, 2.45) is 0 Å². The molecule has 1 amide bonds. The second kappa shape index (κ2) is 6.24. The molecular formula is C12H19N3O2S. The quantitative estimate of drug-likeness (QED) is 0.892. The number of carbonyl (C=O) groups is 1. The molecule has 0 saturated carbocycles. The van der Waals surface area contributed by atoms with Crippen LogP contribution in [0, 0.1) is 0 Å². The van der Waals surface area contributed by atoms with Crippen LogP contribution in [0.5, 0.6) is 0 Å². The highest BCUT2D eigenvalue weighted by Crippen LogP contribution is 2.26. The molecule has 1 N–H and O–H groups in total. The molecule has 6 heteroatoms. The molecule has 0 spiro atoms. The smallest absolute Gasteiger partial charge is 0.255 e. The molecule has 2 rings (SSSR count). The first-order valence-electron chi connectivity index (χ1n) is 6.46. The van der Waals surface area contributed by atoms with Crippen LogP contribution in [0.3, 0.4) is 0 Å². The molecule has 100 valence electrons. The predicted octanol–water partition coefficient (Wildman–Crippen LogP) is 2.56. The van der Waals surface area contributed by atoms with E-state index in [0.29, 0.717) is 17.7 Å². The summed E-state index contributed by atoms with van der Waals surface area (Å²) in [5.41, 5.74) is 0. The number of ether oxygens (including phenoxy) is 1. The van der Waals surface area contributed by atoms with E-state index in [0.717, 1.165) is 30.7 Å². The highest BCUT2D eigenvalue weighted by Gasteiger charge is 2.24. The number of hydrogen-bond acceptors (Lipinski definition) is 5. The summed E-state index contributed by atoms with van der Waals surface area (Å²) < 4.78 is 5.32. The van der Waals surface area contributed by atoms with Gasteiger partial charge in [-0.3, -0.25) is 10.1 Å². The second-order valence-electron chi connectivity index (χ2n) is 4.63. The number of rotatable bonds is 5.